The molecule has 3 heterocycles. The maximum absolute atomic E-state index is 13.9. The number of rotatable bonds is 5. The van der Waals surface area contributed by atoms with Gasteiger partial charge in [-0.25, -0.2) is 4.68 Å². The van der Waals surface area contributed by atoms with Crippen LogP contribution < -0.4 is 10.6 Å². The van der Waals surface area contributed by atoms with Crippen molar-refractivity contribution < 1.29 is 18.0 Å². The molecular formula is C24H19Cl2F3N6O. The van der Waals surface area contributed by atoms with Crippen molar-refractivity contribution in [2.45, 2.75) is 31.2 Å². The number of anilines is 2. The first-order valence-electron chi connectivity index (χ1n) is 10.9. The van der Waals surface area contributed by atoms with E-state index in [1.165, 1.54) is 12.3 Å². The molecule has 4 aromatic rings. The summed E-state index contributed by atoms with van der Waals surface area (Å²) in [6, 6.07) is 12.8. The summed E-state index contributed by atoms with van der Waals surface area (Å²) in [5.74, 6) is -0.532. The summed E-state index contributed by atoms with van der Waals surface area (Å²) in [6.45, 7) is 0.336. The van der Waals surface area contributed by atoms with E-state index < -0.39 is 24.2 Å². The van der Waals surface area contributed by atoms with Crippen molar-refractivity contribution in [3.05, 3.63) is 93.9 Å². The Morgan fingerprint density at radius 3 is 2.64 bits per heavy atom. The van der Waals surface area contributed by atoms with Crippen molar-refractivity contribution >= 4 is 40.6 Å². The number of nitrogens with one attached hydrogen (secondary N) is 2. The van der Waals surface area contributed by atoms with Gasteiger partial charge in [0.2, 0.25) is 0 Å². The number of amides is 1. The van der Waals surface area contributed by atoms with Gasteiger partial charge in [-0.3, -0.25) is 9.48 Å². The van der Waals surface area contributed by atoms with E-state index in [2.05, 4.69) is 20.8 Å². The molecule has 1 aliphatic heterocycles. The predicted octanol–water partition coefficient (Wildman–Crippen LogP) is 6.35. The molecule has 2 atom stereocenters. The number of nitrogens with zero attached hydrogens (tertiary/aromatic N) is 4. The van der Waals surface area contributed by atoms with Crippen molar-refractivity contribution in [1.82, 2.24) is 19.6 Å². The molecule has 0 fully saturated rings. The fourth-order valence-electron chi connectivity index (χ4n) is 4.12. The van der Waals surface area contributed by atoms with E-state index in [-0.39, 0.29) is 17.9 Å². The van der Waals surface area contributed by atoms with Gasteiger partial charge in [-0.1, -0.05) is 59.6 Å². The fourth-order valence-corrected chi connectivity index (χ4v) is 4.59. The predicted molar refractivity (Wildman–Crippen MR) is 130 cm³/mol. The van der Waals surface area contributed by atoms with E-state index in [1.807, 2.05) is 0 Å². The minimum Gasteiger partial charge on any atom is -0.363 e. The minimum absolute atomic E-state index is 0.121. The fraction of sp³-hybridized carbons (Fsp3) is 0.208. The third-order valence-corrected chi connectivity index (χ3v) is 6.45. The van der Waals surface area contributed by atoms with Gasteiger partial charge in [0.05, 0.1) is 24.5 Å². The summed E-state index contributed by atoms with van der Waals surface area (Å²) in [5.41, 5.74) is 1.71. The lowest BCUT2D eigenvalue weighted by Gasteiger charge is -2.33. The Bertz CT molecular complexity index is 1400. The minimum atomic E-state index is -4.53. The van der Waals surface area contributed by atoms with E-state index in [0.29, 0.717) is 22.3 Å². The number of hydrogen-bond acceptors (Lipinski definition) is 4. The molecule has 1 amide bonds. The first kappa shape index (κ1) is 24.2. The lowest BCUT2D eigenvalue weighted by atomic mass is 9.97. The number of halogens is 5. The lowest BCUT2D eigenvalue weighted by molar-refractivity contribution is -0.173. The average molecular weight is 535 g/mol. The Morgan fingerprint density at radius 1 is 1.14 bits per heavy atom. The molecular weight excluding hydrogens is 516 g/mol. The highest BCUT2D eigenvalue weighted by molar-refractivity contribution is 6.35. The van der Waals surface area contributed by atoms with E-state index in [1.54, 1.807) is 59.4 Å². The molecule has 0 spiro atoms. The molecule has 0 unspecified atom stereocenters. The van der Waals surface area contributed by atoms with Crippen LogP contribution in [-0.2, 0) is 6.54 Å². The largest absolute Gasteiger partial charge is 0.410 e. The summed E-state index contributed by atoms with van der Waals surface area (Å²) in [7, 11) is 0. The molecule has 2 N–H and O–H groups in total. The maximum Gasteiger partial charge on any atom is 0.410 e. The molecule has 2 aromatic carbocycles. The SMILES string of the molecule is O=C(Nc1cnn(Cc2ccc(Cl)cc2Cl)c1)c1cc2n(n1)[C@@H](C(F)(F)F)C[C@@H](c1ccccc1)N2. The topological polar surface area (TPSA) is 76.8 Å². The molecule has 5 rings (SSSR count). The van der Waals surface area contributed by atoms with Gasteiger partial charge in [0, 0.05) is 28.7 Å². The standard InChI is InChI=1S/C24H19Cl2F3N6O/c25-16-7-6-15(18(26)8-16)12-34-13-17(11-30-34)31-23(36)20-10-22-32-19(14-4-2-1-3-5-14)9-21(24(27,28)29)35(22)33-20/h1-8,10-11,13,19,21,32H,9,12H2,(H,31,36)/t19-,21+/m0/s1. The summed E-state index contributed by atoms with van der Waals surface area (Å²) < 4.78 is 44.0. The molecule has 7 nitrogen and oxygen atoms in total. The van der Waals surface area contributed by atoms with Crippen molar-refractivity contribution in [2.24, 2.45) is 0 Å². The highest BCUT2D eigenvalue weighted by atomic mass is 35.5. The molecule has 0 radical (unpaired) electrons. The number of hydrogen-bond donors (Lipinski definition) is 2. The Labute approximate surface area is 213 Å². The van der Waals surface area contributed by atoms with E-state index in [9.17, 15) is 18.0 Å². The van der Waals surface area contributed by atoms with E-state index in [4.69, 9.17) is 23.2 Å². The second-order valence-corrected chi connectivity index (χ2v) is 9.22. The van der Waals surface area contributed by atoms with Crippen LogP contribution in [0.4, 0.5) is 24.7 Å². The molecule has 0 saturated heterocycles. The first-order chi connectivity index (χ1) is 17.2. The number of carbonyl (C=O) groups excluding carboxylic acids is 1. The number of aromatic nitrogens is 4. The second kappa shape index (κ2) is 9.51. The monoisotopic (exact) mass is 534 g/mol. The van der Waals surface area contributed by atoms with Crippen molar-refractivity contribution in [3.8, 4) is 0 Å². The van der Waals surface area contributed by atoms with Gasteiger partial charge in [0.1, 0.15) is 5.82 Å². The quantitative estimate of drug-likeness (QED) is 0.313. The zero-order valence-electron chi connectivity index (χ0n) is 18.5. The van der Waals surface area contributed by atoms with Crippen LogP contribution in [0.5, 0.6) is 0 Å². The van der Waals surface area contributed by atoms with Crippen LogP contribution in [0, 0.1) is 0 Å². The maximum atomic E-state index is 13.9. The van der Waals surface area contributed by atoms with Crippen LogP contribution in [0.1, 0.15) is 40.1 Å². The van der Waals surface area contributed by atoms with Crippen molar-refractivity contribution in [1.29, 1.82) is 0 Å². The summed E-state index contributed by atoms with van der Waals surface area (Å²) in [5, 5.41) is 14.9. The van der Waals surface area contributed by atoms with Crippen LogP contribution >= 0.6 is 23.2 Å². The molecule has 2 aromatic heterocycles. The lowest BCUT2D eigenvalue weighted by Crippen LogP contribution is -2.35. The highest BCUT2D eigenvalue weighted by Gasteiger charge is 2.46. The van der Waals surface area contributed by atoms with Gasteiger partial charge in [-0.05, 0) is 23.3 Å². The normalized spacial score (nSPS) is 17.4. The molecule has 36 heavy (non-hydrogen) atoms. The van der Waals surface area contributed by atoms with Crippen LogP contribution in [0.25, 0.3) is 0 Å². The summed E-state index contributed by atoms with van der Waals surface area (Å²) in [6.07, 6.45) is -1.77. The van der Waals surface area contributed by atoms with Crippen molar-refractivity contribution in [3.63, 3.8) is 0 Å². The van der Waals surface area contributed by atoms with Crippen LogP contribution in [0.3, 0.4) is 0 Å². The molecule has 12 heteroatoms. The first-order valence-corrected chi connectivity index (χ1v) is 11.7. The third kappa shape index (κ3) is 5.05. The van der Waals surface area contributed by atoms with E-state index >= 15 is 0 Å². The Morgan fingerprint density at radius 2 is 1.92 bits per heavy atom. The van der Waals surface area contributed by atoms with Gasteiger partial charge < -0.3 is 10.6 Å². The smallest absolute Gasteiger partial charge is 0.363 e. The number of carbonyl (C=O) groups is 1. The third-order valence-electron chi connectivity index (χ3n) is 5.86. The van der Waals surface area contributed by atoms with E-state index in [0.717, 1.165) is 15.8 Å². The summed E-state index contributed by atoms with van der Waals surface area (Å²) >= 11 is 12.1. The number of benzene rings is 2. The Kier molecular flexibility index (Phi) is 6.40. The van der Waals surface area contributed by atoms with Gasteiger partial charge in [0.25, 0.3) is 5.91 Å². The Hall–Kier alpha value is -3.50. The van der Waals surface area contributed by atoms with Gasteiger partial charge >= 0.3 is 6.18 Å². The Balaban J connectivity index is 1.34. The van der Waals surface area contributed by atoms with Gasteiger partial charge in [-0.2, -0.15) is 23.4 Å². The second-order valence-electron chi connectivity index (χ2n) is 8.38. The van der Waals surface area contributed by atoms with Gasteiger partial charge in [0.15, 0.2) is 11.7 Å². The zero-order chi connectivity index (χ0) is 25.4. The average Bonchev–Trinajstić information content (AvgIpc) is 3.47. The summed E-state index contributed by atoms with van der Waals surface area (Å²) in [4.78, 5) is 12.8. The van der Waals surface area contributed by atoms with Crippen molar-refractivity contribution in [2.75, 3.05) is 10.6 Å². The van der Waals surface area contributed by atoms with Crippen LogP contribution in [0.2, 0.25) is 10.0 Å². The molecule has 0 aliphatic carbocycles. The van der Waals surface area contributed by atoms with Gasteiger partial charge in [-0.15, -0.1) is 0 Å². The van der Waals surface area contributed by atoms with Crippen LogP contribution in [-0.4, -0.2) is 31.6 Å². The highest BCUT2D eigenvalue weighted by Crippen LogP contribution is 2.43. The number of fused-ring (bicyclic) bond motifs is 1. The molecule has 186 valence electrons. The molecule has 1 aliphatic rings. The van der Waals surface area contributed by atoms with Crippen LogP contribution in [0.15, 0.2) is 67.0 Å². The molecule has 0 saturated carbocycles. The zero-order valence-corrected chi connectivity index (χ0v) is 20.0. The number of alkyl halides is 3. The molecule has 0 bridgehead atoms.